The molecule has 6 heteroatoms. The molecular formula is C15H11N3O2S. The summed E-state index contributed by atoms with van der Waals surface area (Å²) in [6.45, 7) is 1.87. The lowest BCUT2D eigenvalue weighted by Crippen LogP contribution is -2.01. The van der Waals surface area contributed by atoms with Crippen LogP contribution in [0.25, 0.3) is 10.9 Å². The summed E-state index contributed by atoms with van der Waals surface area (Å²) < 4.78 is 0. The molecule has 0 spiro atoms. The number of carboxylic acids is 1. The number of aromatic carboxylic acids is 1. The predicted octanol–water partition coefficient (Wildman–Crippen LogP) is 3.18. The van der Waals surface area contributed by atoms with Gasteiger partial charge >= 0.3 is 5.97 Å². The number of carboxylic acid groups (broad SMARTS) is 1. The second kappa shape index (κ2) is 5.49. The van der Waals surface area contributed by atoms with E-state index in [4.69, 9.17) is 0 Å². The van der Waals surface area contributed by atoms with Crippen molar-refractivity contribution in [1.82, 2.24) is 15.0 Å². The van der Waals surface area contributed by atoms with Crippen LogP contribution in [0, 0.1) is 6.92 Å². The summed E-state index contributed by atoms with van der Waals surface area (Å²) in [6.07, 6.45) is 3.04. The van der Waals surface area contributed by atoms with Gasteiger partial charge in [-0.2, -0.15) is 0 Å². The van der Waals surface area contributed by atoms with Gasteiger partial charge in [0, 0.05) is 28.4 Å². The molecule has 2 heterocycles. The molecule has 2 aromatic heterocycles. The van der Waals surface area contributed by atoms with Crippen LogP contribution in [-0.4, -0.2) is 26.0 Å². The lowest BCUT2D eigenvalue weighted by atomic mass is 10.1. The topological polar surface area (TPSA) is 76.0 Å². The molecule has 104 valence electrons. The number of hydrogen-bond acceptors (Lipinski definition) is 5. The smallest absolute Gasteiger partial charge is 0.338 e. The molecule has 1 aromatic carbocycles. The number of aromatic nitrogens is 3. The highest BCUT2D eigenvalue weighted by Gasteiger charge is 2.16. The van der Waals surface area contributed by atoms with Crippen LogP contribution in [0.4, 0.5) is 0 Å². The fraction of sp³-hybridized carbons (Fsp3) is 0.0667. The van der Waals surface area contributed by atoms with Crippen molar-refractivity contribution in [1.29, 1.82) is 0 Å². The Morgan fingerprint density at radius 1 is 1.19 bits per heavy atom. The zero-order valence-electron chi connectivity index (χ0n) is 11.1. The number of carbonyl (C=O) groups is 1. The van der Waals surface area contributed by atoms with E-state index in [9.17, 15) is 9.90 Å². The van der Waals surface area contributed by atoms with Crippen molar-refractivity contribution in [3.8, 4) is 0 Å². The van der Waals surface area contributed by atoms with E-state index in [0.29, 0.717) is 10.1 Å². The monoisotopic (exact) mass is 297 g/mol. The van der Waals surface area contributed by atoms with Crippen molar-refractivity contribution < 1.29 is 9.90 Å². The standard InChI is InChI=1S/C15H11N3O2S/c1-9-6-7-16-15(18-9)21-13-10-4-2-3-5-12(10)17-8-11(13)14(19)20/h2-8H,1H3,(H,19,20). The summed E-state index contributed by atoms with van der Waals surface area (Å²) in [6, 6.07) is 9.23. The number of rotatable bonds is 3. The molecular weight excluding hydrogens is 286 g/mol. The average molecular weight is 297 g/mol. The van der Waals surface area contributed by atoms with Crippen molar-refractivity contribution >= 4 is 28.6 Å². The van der Waals surface area contributed by atoms with Crippen molar-refractivity contribution in [2.24, 2.45) is 0 Å². The Hall–Kier alpha value is -2.47. The zero-order valence-corrected chi connectivity index (χ0v) is 12.0. The van der Waals surface area contributed by atoms with Gasteiger partial charge in [0.2, 0.25) is 0 Å². The minimum Gasteiger partial charge on any atom is -0.478 e. The maximum absolute atomic E-state index is 11.4. The van der Waals surface area contributed by atoms with Gasteiger partial charge in [-0.3, -0.25) is 4.98 Å². The number of benzene rings is 1. The summed E-state index contributed by atoms with van der Waals surface area (Å²) in [7, 11) is 0. The molecule has 0 fully saturated rings. The van der Waals surface area contributed by atoms with Gasteiger partial charge in [0.15, 0.2) is 5.16 Å². The number of para-hydroxylation sites is 1. The van der Waals surface area contributed by atoms with Crippen molar-refractivity contribution in [3.63, 3.8) is 0 Å². The van der Waals surface area contributed by atoms with Gasteiger partial charge in [-0.15, -0.1) is 0 Å². The quantitative estimate of drug-likeness (QED) is 0.748. The van der Waals surface area contributed by atoms with Gasteiger partial charge in [-0.05, 0) is 30.8 Å². The van der Waals surface area contributed by atoms with E-state index in [1.54, 1.807) is 12.3 Å². The van der Waals surface area contributed by atoms with Crippen molar-refractivity contribution in [3.05, 3.63) is 54.0 Å². The first-order valence-electron chi connectivity index (χ1n) is 6.23. The number of nitrogens with zero attached hydrogens (tertiary/aromatic N) is 3. The van der Waals surface area contributed by atoms with Crippen LogP contribution >= 0.6 is 11.8 Å². The third-order valence-electron chi connectivity index (χ3n) is 2.92. The Balaban J connectivity index is 2.18. The van der Waals surface area contributed by atoms with Gasteiger partial charge < -0.3 is 5.11 Å². The van der Waals surface area contributed by atoms with Crippen LogP contribution in [0.2, 0.25) is 0 Å². The molecule has 0 aliphatic rings. The SMILES string of the molecule is Cc1ccnc(Sc2c(C(=O)O)cnc3ccccc23)n1. The Kier molecular flexibility index (Phi) is 3.53. The lowest BCUT2D eigenvalue weighted by Gasteiger charge is -2.08. The molecule has 3 aromatic rings. The summed E-state index contributed by atoms with van der Waals surface area (Å²) in [5, 5.41) is 10.7. The van der Waals surface area contributed by atoms with Crippen LogP contribution in [0.5, 0.6) is 0 Å². The summed E-state index contributed by atoms with van der Waals surface area (Å²) >= 11 is 1.24. The maximum atomic E-state index is 11.4. The largest absolute Gasteiger partial charge is 0.478 e. The van der Waals surface area contributed by atoms with E-state index in [0.717, 1.165) is 16.6 Å². The van der Waals surface area contributed by atoms with Crippen molar-refractivity contribution in [2.45, 2.75) is 17.0 Å². The molecule has 1 N–H and O–H groups in total. The fourth-order valence-corrected chi connectivity index (χ4v) is 2.96. The van der Waals surface area contributed by atoms with E-state index < -0.39 is 5.97 Å². The van der Waals surface area contributed by atoms with E-state index in [1.165, 1.54) is 18.0 Å². The fourth-order valence-electron chi connectivity index (χ4n) is 1.94. The first kappa shape index (κ1) is 13.5. The van der Waals surface area contributed by atoms with E-state index in [-0.39, 0.29) is 5.56 Å². The van der Waals surface area contributed by atoms with Gasteiger partial charge in [-0.25, -0.2) is 14.8 Å². The van der Waals surface area contributed by atoms with Gasteiger partial charge in [-0.1, -0.05) is 18.2 Å². The molecule has 3 rings (SSSR count). The lowest BCUT2D eigenvalue weighted by molar-refractivity contribution is 0.0693. The number of pyridine rings is 1. The van der Waals surface area contributed by atoms with E-state index in [1.807, 2.05) is 31.2 Å². The van der Waals surface area contributed by atoms with Gasteiger partial charge in [0.25, 0.3) is 0 Å². The molecule has 0 atom stereocenters. The second-order valence-electron chi connectivity index (χ2n) is 4.41. The Morgan fingerprint density at radius 2 is 2.00 bits per heavy atom. The van der Waals surface area contributed by atoms with Gasteiger partial charge in [0.05, 0.1) is 11.1 Å². The zero-order chi connectivity index (χ0) is 14.8. The highest BCUT2D eigenvalue weighted by molar-refractivity contribution is 7.99. The third kappa shape index (κ3) is 2.71. The summed E-state index contributed by atoms with van der Waals surface area (Å²) in [5.74, 6) is -1.01. The molecule has 21 heavy (non-hydrogen) atoms. The Morgan fingerprint density at radius 3 is 2.76 bits per heavy atom. The van der Waals surface area contributed by atoms with Crippen LogP contribution in [0.1, 0.15) is 16.1 Å². The molecule has 0 saturated heterocycles. The minimum absolute atomic E-state index is 0.156. The van der Waals surface area contributed by atoms with Crippen LogP contribution in [0.3, 0.4) is 0 Å². The number of fused-ring (bicyclic) bond motifs is 1. The minimum atomic E-state index is -1.01. The molecule has 0 saturated carbocycles. The van der Waals surface area contributed by atoms with Crippen LogP contribution < -0.4 is 0 Å². The first-order chi connectivity index (χ1) is 10.1. The number of hydrogen-bond donors (Lipinski definition) is 1. The number of aryl methyl sites for hydroxylation is 1. The summed E-state index contributed by atoms with van der Waals surface area (Å²) in [5.41, 5.74) is 1.74. The first-order valence-corrected chi connectivity index (χ1v) is 7.05. The van der Waals surface area contributed by atoms with E-state index >= 15 is 0 Å². The Labute approximate surface area is 125 Å². The molecule has 0 bridgehead atoms. The summed E-state index contributed by atoms with van der Waals surface area (Å²) in [4.78, 5) is 24.7. The van der Waals surface area contributed by atoms with Crippen LogP contribution in [0.15, 0.2) is 52.8 Å². The highest BCUT2D eigenvalue weighted by atomic mass is 32.2. The normalized spacial score (nSPS) is 10.7. The molecule has 0 unspecified atom stereocenters. The van der Waals surface area contributed by atoms with Gasteiger partial charge in [0.1, 0.15) is 0 Å². The molecule has 5 nitrogen and oxygen atoms in total. The maximum Gasteiger partial charge on any atom is 0.338 e. The van der Waals surface area contributed by atoms with Crippen molar-refractivity contribution in [2.75, 3.05) is 0 Å². The molecule has 0 aliphatic carbocycles. The molecule has 0 aliphatic heterocycles. The van der Waals surface area contributed by atoms with Crippen LogP contribution in [-0.2, 0) is 0 Å². The highest BCUT2D eigenvalue weighted by Crippen LogP contribution is 2.33. The molecule has 0 amide bonds. The molecule has 0 radical (unpaired) electrons. The predicted molar refractivity (Wildman–Crippen MR) is 79.6 cm³/mol. The third-order valence-corrected chi connectivity index (χ3v) is 3.95. The average Bonchev–Trinajstić information content (AvgIpc) is 2.47. The van der Waals surface area contributed by atoms with E-state index in [2.05, 4.69) is 15.0 Å². The second-order valence-corrected chi connectivity index (χ2v) is 5.38. The Bertz CT molecular complexity index is 836.